The molecule has 1 heterocycles. The van der Waals surface area contributed by atoms with E-state index in [4.69, 9.17) is 9.47 Å². The fourth-order valence-electron chi connectivity index (χ4n) is 2.69. The van der Waals surface area contributed by atoms with Gasteiger partial charge in [-0.2, -0.15) is 0 Å². The van der Waals surface area contributed by atoms with E-state index in [1.807, 2.05) is 38.1 Å². The molecule has 0 atom stereocenters. The van der Waals surface area contributed by atoms with Crippen molar-refractivity contribution in [2.24, 2.45) is 0 Å². The van der Waals surface area contributed by atoms with Gasteiger partial charge in [-0.1, -0.05) is 12.1 Å². The lowest BCUT2D eigenvalue weighted by Gasteiger charge is -2.40. The Bertz CT molecular complexity index is 520. The minimum Gasteiger partial charge on any atom is -0.379 e. The summed E-state index contributed by atoms with van der Waals surface area (Å²) in [5, 5.41) is 3.05. The number of carbonyl (C=O) groups is 1. The molecule has 1 aromatic carbocycles. The second-order valence-electron chi connectivity index (χ2n) is 7.15. The van der Waals surface area contributed by atoms with E-state index >= 15 is 0 Å². The Morgan fingerprint density at radius 1 is 1.25 bits per heavy atom. The van der Waals surface area contributed by atoms with Gasteiger partial charge in [0.25, 0.3) is 5.91 Å². The van der Waals surface area contributed by atoms with Crippen molar-refractivity contribution >= 4 is 5.91 Å². The van der Waals surface area contributed by atoms with E-state index in [-0.39, 0.29) is 17.6 Å². The maximum absolute atomic E-state index is 12.4. The first-order valence-corrected chi connectivity index (χ1v) is 8.70. The van der Waals surface area contributed by atoms with Crippen LogP contribution >= 0.6 is 0 Å². The van der Waals surface area contributed by atoms with Crippen molar-refractivity contribution in [1.29, 1.82) is 0 Å². The number of ether oxygens (including phenoxy) is 2. The monoisotopic (exact) mass is 334 g/mol. The molecule has 24 heavy (non-hydrogen) atoms. The lowest BCUT2D eigenvalue weighted by Crippen LogP contribution is -2.55. The predicted octanol–water partition coefficient (Wildman–Crippen LogP) is 2.45. The van der Waals surface area contributed by atoms with Crippen LogP contribution in [0.15, 0.2) is 24.3 Å². The van der Waals surface area contributed by atoms with Crippen LogP contribution in [-0.2, 0) is 16.1 Å². The van der Waals surface area contributed by atoms with Gasteiger partial charge in [-0.3, -0.25) is 9.69 Å². The number of nitrogens with zero attached hydrogens (tertiary/aromatic N) is 1. The molecule has 5 nitrogen and oxygen atoms in total. The van der Waals surface area contributed by atoms with Crippen LogP contribution in [0.1, 0.15) is 43.6 Å². The molecule has 1 aliphatic rings. The number of rotatable bonds is 7. The van der Waals surface area contributed by atoms with E-state index in [0.717, 1.165) is 31.9 Å². The molecule has 0 radical (unpaired) electrons. The van der Waals surface area contributed by atoms with Crippen LogP contribution in [0.4, 0.5) is 0 Å². The van der Waals surface area contributed by atoms with Crippen LogP contribution in [0.3, 0.4) is 0 Å². The van der Waals surface area contributed by atoms with Gasteiger partial charge in [0.15, 0.2) is 0 Å². The number of carbonyl (C=O) groups excluding carboxylic acids is 1. The average molecular weight is 334 g/mol. The second-order valence-corrected chi connectivity index (χ2v) is 7.15. The standard InChI is InChI=1S/C19H30N2O3/c1-15(2)24-13-16-5-7-17(8-6-16)18(22)20-14-19(3,4)21-9-11-23-12-10-21/h5-8,15H,9-14H2,1-4H3,(H,20,22). The van der Waals surface area contributed by atoms with Gasteiger partial charge >= 0.3 is 0 Å². The summed E-state index contributed by atoms with van der Waals surface area (Å²) in [7, 11) is 0. The van der Waals surface area contributed by atoms with E-state index in [0.29, 0.717) is 18.7 Å². The van der Waals surface area contributed by atoms with Crippen molar-refractivity contribution in [1.82, 2.24) is 10.2 Å². The van der Waals surface area contributed by atoms with Crippen LogP contribution in [0.2, 0.25) is 0 Å². The lowest BCUT2D eigenvalue weighted by atomic mass is 10.0. The fourth-order valence-corrected chi connectivity index (χ4v) is 2.69. The summed E-state index contributed by atoms with van der Waals surface area (Å²) in [6.07, 6.45) is 0.204. The van der Waals surface area contributed by atoms with Crippen molar-refractivity contribution in [2.45, 2.75) is 45.9 Å². The normalized spacial score (nSPS) is 16.4. The summed E-state index contributed by atoms with van der Waals surface area (Å²) >= 11 is 0. The average Bonchev–Trinajstić information content (AvgIpc) is 2.59. The minimum atomic E-state index is -0.0789. The zero-order valence-corrected chi connectivity index (χ0v) is 15.3. The number of hydrogen-bond donors (Lipinski definition) is 1. The topological polar surface area (TPSA) is 50.8 Å². The smallest absolute Gasteiger partial charge is 0.251 e. The molecular weight excluding hydrogens is 304 g/mol. The van der Waals surface area contributed by atoms with Crippen LogP contribution in [0, 0.1) is 0 Å². The molecule has 1 fully saturated rings. The van der Waals surface area contributed by atoms with Gasteiger partial charge in [0.1, 0.15) is 0 Å². The van der Waals surface area contributed by atoms with Crippen LogP contribution in [0.25, 0.3) is 0 Å². The molecule has 0 unspecified atom stereocenters. The first-order valence-electron chi connectivity index (χ1n) is 8.70. The fraction of sp³-hybridized carbons (Fsp3) is 0.632. The summed E-state index contributed by atoms with van der Waals surface area (Å²) in [5.41, 5.74) is 1.68. The Morgan fingerprint density at radius 2 is 1.88 bits per heavy atom. The van der Waals surface area contributed by atoms with Crippen molar-refractivity contribution in [3.63, 3.8) is 0 Å². The molecule has 1 amide bonds. The van der Waals surface area contributed by atoms with Gasteiger partial charge in [-0.15, -0.1) is 0 Å². The summed E-state index contributed by atoms with van der Waals surface area (Å²) in [4.78, 5) is 14.7. The van der Waals surface area contributed by atoms with Gasteiger partial charge in [0.05, 0.1) is 25.9 Å². The first-order chi connectivity index (χ1) is 11.4. The van der Waals surface area contributed by atoms with E-state index in [2.05, 4.69) is 24.1 Å². The largest absolute Gasteiger partial charge is 0.379 e. The van der Waals surface area contributed by atoms with Crippen LogP contribution < -0.4 is 5.32 Å². The maximum atomic E-state index is 12.4. The van der Waals surface area contributed by atoms with Gasteiger partial charge in [-0.05, 0) is 45.4 Å². The molecule has 0 aromatic heterocycles. The number of nitrogens with one attached hydrogen (secondary N) is 1. The summed E-state index contributed by atoms with van der Waals surface area (Å²) in [6.45, 7) is 12.9. The zero-order valence-electron chi connectivity index (χ0n) is 15.3. The molecule has 2 rings (SSSR count). The highest BCUT2D eigenvalue weighted by molar-refractivity contribution is 5.94. The third-order valence-electron chi connectivity index (χ3n) is 4.35. The molecule has 0 aliphatic carbocycles. The number of benzene rings is 1. The SMILES string of the molecule is CC(C)OCc1ccc(C(=O)NCC(C)(C)N2CCOCC2)cc1. The molecule has 0 spiro atoms. The Balaban J connectivity index is 1.85. The molecule has 134 valence electrons. The summed E-state index contributed by atoms with van der Waals surface area (Å²) < 4.78 is 11.0. The highest BCUT2D eigenvalue weighted by Crippen LogP contribution is 2.15. The Labute approximate surface area is 145 Å². The van der Waals surface area contributed by atoms with E-state index in [1.54, 1.807) is 0 Å². The third kappa shape index (κ3) is 5.58. The van der Waals surface area contributed by atoms with Crippen molar-refractivity contribution in [2.75, 3.05) is 32.8 Å². The van der Waals surface area contributed by atoms with Crippen molar-refractivity contribution in [3.8, 4) is 0 Å². The van der Waals surface area contributed by atoms with E-state index < -0.39 is 0 Å². The van der Waals surface area contributed by atoms with E-state index in [9.17, 15) is 4.79 Å². The molecule has 1 saturated heterocycles. The van der Waals surface area contributed by atoms with Gasteiger partial charge in [0, 0.05) is 30.7 Å². The van der Waals surface area contributed by atoms with Gasteiger partial charge in [-0.25, -0.2) is 0 Å². The quantitative estimate of drug-likeness (QED) is 0.832. The van der Waals surface area contributed by atoms with Crippen LogP contribution in [0.5, 0.6) is 0 Å². The zero-order chi connectivity index (χ0) is 17.6. The summed E-state index contributed by atoms with van der Waals surface area (Å²) in [5.74, 6) is -0.0346. The summed E-state index contributed by atoms with van der Waals surface area (Å²) in [6, 6.07) is 7.61. The molecule has 1 aliphatic heterocycles. The van der Waals surface area contributed by atoms with Crippen molar-refractivity contribution in [3.05, 3.63) is 35.4 Å². The molecule has 0 saturated carbocycles. The van der Waals surface area contributed by atoms with E-state index in [1.165, 1.54) is 0 Å². The van der Waals surface area contributed by atoms with Gasteiger partial charge < -0.3 is 14.8 Å². The highest BCUT2D eigenvalue weighted by Gasteiger charge is 2.28. The molecule has 0 bridgehead atoms. The molecule has 5 heteroatoms. The molecular formula is C19H30N2O3. The van der Waals surface area contributed by atoms with Crippen LogP contribution in [-0.4, -0.2) is 55.3 Å². The molecule has 1 aromatic rings. The predicted molar refractivity (Wildman–Crippen MR) is 95.2 cm³/mol. The number of morpholine rings is 1. The minimum absolute atomic E-state index is 0.0346. The number of amides is 1. The van der Waals surface area contributed by atoms with Crippen molar-refractivity contribution < 1.29 is 14.3 Å². The maximum Gasteiger partial charge on any atom is 0.251 e. The third-order valence-corrected chi connectivity index (χ3v) is 4.35. The second kappa shape index (κ2) is 8.60. The number of hydrogen-bond acceptors (Lipinski definition) is 4. The lowest BCUT2D eigenvalue weighted by molar-refractivity contribution is -0.00923. The first kappa shape index (κ1) is 18.9. The highest BCUT2D eigenvalue weighted by atomic mass is 16.5. The Kier molecular flexibility index (Phi) is 6.78. The Morgan fingerprint density at radius 3 is 2.46 bits per heavy atom. The van der Waals surface area contributed by atoms with Gasteiger partial charge in [0.2, 0.25) is 0 Å². The molecule has 1 N–H and O–H groups in total. The Hall–Kier alpha value is -1.43.